The minimum absolute atomic E-state index is 0.103. The lowest BCUT2D eigenvalue weighted by atomic mass is 10.0. The molecule has 1 saturated heterocycles. The van der Waals surface area contributed by atoms with Crippen molar-refractivity contribution >= 4 is 17.7 Å². The molecule has 0 radical (unpaired) electrons. The van der Waals surface area contributed by atoms with Gasteiger partial charge in [0.25, 0.3) is 0 Å². The topological polar surface area (TPSA) is 107 Å². The van der Waals surface area contributed by atoms with Crippen LogP contribution in [0.2, 0.25) is 0 Å². The summed E-state index contributed by atoms with van der Waals surface area (Å²) in [6, 6.07) is 3.53. The number of carbonyl (C=O) groups is 3. The Kier molecular flexibility index (Phi) is 9.83. The van der Waals surface area contributed by atoms with Crippen molar-refractivity contribution in [1.82, 2.24) is 25.5 Å². The molecule has 1 aromatic carbocycles. The number of aromatic amines is 1. The molecule has 1 aliphatic rings. The van der Waals surface area contributed by atoms with E-state index in [2.05, 4.69) is 20.6 Å². The standard InChI is InChI=1S/C28H40FN5O3/c1-17(2)9-12-25(35)32-23(15-26(36)34-13-7-6-8-19(34)4)28(37)31-20(5)27-30-16-24(33-27)21-11-10-18(3)14-22(21)29/h10-11,14,16-17,19-20,23H,6-9,12-13,15H2,1-5H3,(H,30,33)(H,31,37)(H,32,35)/t19-,20-,23-/m0/s1. The number of nitrogens with one attached hydrogen (secondary N) is 3. The molecule has 1 aromatic heterocycles. The van der Waals surface area contributed by atoms with Crippen LogP contribution >= 0.6 is 0 Å². The summed E-state index contributed by atoms with van der Waals surface area (Å²) in [5.74, 6) is -0.413. The van der Waals surface area contributed by atoms with Crippen molar-refractivity contribution in [2.45, 2.75) is 91.3 Å². The van der Waals surface area contributed by atoms with Gasteiger partial charge in [0.1, 0.15) is 17.7 Å². The van der Waals surface area contributed by atoms with Crippen LogP contribution < -0.4 is 10.6 Å². The van der Waals surface area contributed by atoms with Gasteiger partial charge in [0.15, 0.2) is 0 Å². The Morgan fingerprint density at radius 3 is 2.62 bits per heavy atom. The third kappa shape index (κ3) is 7.87. The lowest BCUT2D eigenvalue weighted by Gasteiger charge is -2.34. The summed E-state index contributed by atoms with van der Waals surface area (Å²) in [6.45, 7) is 10.3. The van der Waals surface area contributed by atoms with E-state index in [0.29, 0.717) is 36.0 Å². The van der Waals surface area contributed by atoms with E-state index in [1.807, 2.05) is 38.7 Å². The predicted octanol–water partition coefficient (Wildman–Crippen LogP) is 4.41. The molecule has 0 bridgehead atoms. The van der Waals surface area contributed by atoms with Crippen LogP contribution in [-0.4, -0.2) is 51.2 Å². The molecule has 0 unspecified atom stereocenters. The number of halogens is 1. The second-order valence-corrected chi connectivity index (χ2v) is 10.6. The van der Waals surface area contributed by atoms with Gasteiger partial charge in [0.05, 0.1) is 24.4 Å². The first-order chi connectivity index (χ1) is 17.5. The summed E-state index contributed by atoms with van der Waals surface area (Å²) in [7, 11) is 0. The number of hydrogen-bond donors (Lipinski definition) is 3. The van der Waals surface area contributed by atoms with Crippen LogP contribution in [0.5, 0.6) is 0 Å². The molecular weight excluding hydrogens is 473 g/mol. The number of likely N-dealkylation sites (tertiary alicyclic amines) is 1. The highest BCUT2D eigenvalue weighted by Gasteiger charge is 2.30. The van der Waals surface area contributed by atoms with Crippen LogP contribution in [0.4, 0.5) is 4.39 Å². The average molecular weight is 514 g/mol. The fourth-order valence-corrected chi connectivity index (χ4v) is 4.57. The summed E-state index contributed by atoms with van der Waals surface area (Å²) < 4.78 is 14.4. The molecule has 1 fully saturated rings. The number of benzene rings is 1. The Labute approximate surface area is 218 Å². The number of rotatable bonds is 10. The van der Waals surface area contributed by atoms with Gasteiger partial charge in [0, 0.05) is 24.6 Å². The molecule has 0 saturated carbocycles. The molecule has 1 aliphatic heterocycles. The number of nitrogens with zero attached hydrogens (tertiary/aromatic N) is 2. The van der Waals surface area contributed by atoms with Gasteiger partial charge < -0.3 is 20.5 Å². The zero-order valence-electron chi connectivity index (χ0n) is 22.6. The molecule has 37 heavy (non-hydrogen) atoms. The quantitative estimate of drug-likeness (QED) is 0.437. The Bertz CT molecular complexity index is 1100. The Hall–Kier alpha value is -3.23. The van der Waals surface area contributed by atoms with Crippen LogP contribution in [0.3, 0.4) is 0 Å². The van der Waals surface area contributed by atoms with Crippen molar-refractivity contribution < 1.29 is 18.8 Å². The van der Waals surface area contributed by atoms with Gasteiger partial charge in [-0.2, -0.15) is 0 Å². The van der Waals surface area contributed by atoms with Crippen molar-refractivity contribution in [1.29, 1.82) is 0 Å². The number of carbonyl (C=O) groups excluding carboxylic acids is 3. The molecule has 3 amide bonds. The number of imidazole rings is 1. The lowest BCUT2D eigenvalue weighted by molar-refractivity contribution is -0.138. The monoisotopic (exact) mass is 513 g/mol. The second kappa shape index (κ2) is 12.8. The first-order valence-corrected chi connectivity index (χ1v) is 13.3. The maximum absolute atomic E-state index is 14.4. The fraction of sp³-hybridized carbons (Fsp3) is 0.571. The Balaban J connectivity index is 1.70. The second-order valence-electron chi connectivity index (χ2n) is 10.6. The van der Waals surface area contributed by atoms with E-state index >= 15 is 0 Å². The number of aryl methyl sites for hydroxylation is 1. The Morgan fingerprint density at radius 2 is 1.95 bits per heavy atom. The van der Waals surface area contributed by atoms with E-state index in [9.17, 15) is 18.8 Å². The molecular formula is C28H40FN5O3. The summed E-state index contributed by atoms with van der Waals surface area (Å²) in [4.78, 5) is 48.1. The molecule has 2 heterocycles. The summed E-state index contributed by atoms with van der Waals surface area (Å²) in [6.07, 6.45) is 5.35. The molecule has 0 aliphatic carbocycles. The van der Waals surface area contributed by atoms with Crippen LogP contribution in [0.15, 0.2) is 24.4 Å². The lowest BCUT2D eigenvalue weighted by Crippen LogP contribution is -2.51. The molecule has 9 heteroatoms. The van der Waals surface area contributed by atoms with E-state index in [0.717, 1.165) is 24.8 Å². The maximum Gasteiger partial charge on any atom is 0.243 e. The normalized spacial score (nSPS) is 17.4. The SMILES string of the molecule is Cc1ccc(-c2cnc([C@H](C)NC(=O)[C@H](CC(=O)N3CCCC[C@@H]3C)NC(=O)CCC(C)C)[nH]2)c(F)c1. The minimum Gasteiger partial charge on any atom is -0.345 e. The van der Waals surface area contributed by atoms with E-state index in [4.69, 9.17) is 0 Å². The zero-order chi connectivity index (χ0) is 27.1. The molecule has 3 rings (SSSR count). The molecule has 3 N–H and O–H groups in total. The summed E-state index contributed by atoms with van der Waals surface area (Å²) >= 11 is 0. The van der Waals surface area contributed by atoms with Crippen LogP contribution in [0, 0.1) is 18.7 Å². The van der Waals surface area contributed by atoms with Gasteiger partial charge in [-0.1, -0.05) is 19.9 Å². The van der Waals surface area contributed by atoms with Crippen LogP contribution in [0.1, 0.15) is 83.6 Å². The first kappa shape index (κ1) is 28.3. The zero-order valence-corrected chi connectivity index (χ0v) is 22.6. The smallest absolute Gasteiger partial charge is 0.243 e. The number of amides is 3. The maximum atomic E-state index is 14.4. The fourth-order valence-electron chi connectivity index (χ4n) is 4.57. The molecule has 202 valence electrons. The van der Waals surface area contributed by atoms with Crippen molar-refractivity contribution in [3.8, 4) is 11.3 Å². The van der Waals surface area contributed by atoms with Gasteiger partial charge >= 0.3 is 0 Å². The average Bonchev–Trinajstić information content (AvgIpc) is 3.32. The molecule has 0 spiro atoms. The predicted molar refractivity (Wildman–Crippen MR) is 141 cm³/mol. The van der Waals surface area contributed by atoms with Crippen molar-refractivity contribution in [2.75, 3.05) is 6.54 Å². The van der Waals surface area contributed by atoms with Crippen LogP contribution in [0.25, 0.3) is 11.3 Å². The molecule has 2 aromatic rings. The molecule has 3 atom stereocenters. The first-order valence-electron chi connectivity index (χ1n) is 13.3. The summed E-state index contributed by atoms with van der Waals surface area (Å²) in [5.41, 5.74) is 1.71. The number of hydrogen-bond acceptors (Lipinski definition) is 4. The number of H-pyrrole nitrogens is 1. The van der Waals surface area contributed by atoms with Crippen molar-refractivity contribution in [3.05, 3.63) is 41.6 Å². The minimum atomic E-state index is -0.993. The highest BCUT2D eigenvalue weighted by molar-refractivity contribution is 5.92. The van der Waals surface area contributed by atoms with Gasteiger partial charge in [-0.25, -0.2) is 9.37 Å². The number of aromatic nitrogens is 2. The highest BCUT2D eigenvalue weighted by Crippen LogP contribution is 2.23. The van der Waals surface area contributed by atoms with Crippen molar-refractivity contribution in [3.63, 3.8) is 0 Å². The van der Waals surface area contributed by atoms with Gasteiger partial charge in [-0.15, -0.1) is 0 Å². The summed E-state index contributed by atoms with van der Waals surface area (Å²) in [5, 5.41) is 5.64. The largest absolute Gasteiger partial charge is 0.345 e. The molecule has 8 nitrogen and oxygen atoms in total. The van der Waals surface area contributed by atoms with Crippen LogP contribution in [-0.2, 0) is 14.4 Å². The van der Waals surface area contributed by atoms with E-state index in [1.165, 1.54) is 12.3 Å². The van der Waals surface area contributed by atoms with Gasteiger partial charge in [0.2, 0.25) is 17.7 Å². The van der Waals surface area contributed by atoms with Crippen molar-refractivity contribution in [2.24, 2.45) is 5.92 Å². The Morgan fingerprint density at radius 1 is 1.19 bits per heavy atom. The van der Waals surface area contributed by atoms with Gasteiger partial charge in [-0.05, 0) is 70.1 Å². The van der Waals surface area contributed by atoms with Gasteiger partial charge in [-0.3, -0.25) is 14.4 Å². The third-order valence-electron chi connectivity index (χ3n) is 6.88. The van der Waals surface area contributed by atoms with E-state index in [1.54, 1.807) is 13.0 Å². The highest BCUT2D eigenvalue weighted by atomic mass is 19.1. The number of piperidine rings is 1. The van der Waals surface area contributed by atoms with E-state index in [-0.39, 0.29) is 36.5 Å². The van der Waals surface area contributed by atoms with E-state index < -0.39 is 18.0 Å². The third-order valence-corrected chi connectivity index (χ3v) is 6.88.